The van der Waals surface area contributed by atoms with Crippen molar-refractivity contribution in [1.82, 2.24) is 5.32 Å². The molecule has 0 aliphatic heterocycles. The predicted octanol–water partition coefficient (Wildman–Crippen LogP) is 1.91. The van der Waals surface area contributed by atoms with E-state index in [0.717, 1.165) is 12.1 Å². The number of rotatable bonds is 7. The second-order valence-electron chi connectivity index (χ2n) is 4.42. The highest BCUT2D eigenvalue weighted by molar-refractivity contribution is 5.96. The van der Waals surface area contributed by atoms with Crippen LogP contribution in [0.15, 0.2) is 18.2 Å². The number of carbonyl (C=O) groups is 3. The average molecular weight is 299 g/mol. The highest BCUT2D eigenvalue weighted by Crippen LogP contribution is 2.10. The van der Waals surface area contributed by atoms with Gasteiger partial charge in [0.1, 0.15) is 23.5 Å². The van der Waals surface area contributed by atoms with Crippen molar-refractivity contribution in [2.45, 2.75) is 32.2 Å². The Hall–Kier alpha value is -2.31. The van der Waals surface area contributed by atoms with Gasteiger partial charge in [0.05, 0.1) is 5.56 Å². The molecule has 114 valence electrons. The number of benzene rings is 1. The van der Waals surface area contributed by atoms with E-state index in [1.807, 2.05) is 0 Å². The fraction of sp³-hybridized carbons (Fsp3) is 0.357. The van der Waals surface area contributed by atoms with Crippen molar-refractivity contribution >= 4 is 17.7 Å². The molecule has 1 rings (SSSR count). The van der Waals surface area contributed by atoms with E-state index in [-0.39, 0.29) is 25.0 Å². The Morgan fingerprint density at radius 3 is 2.48 bits per heavy atom. The van der Waals surface area contributed by atoms with Crippen LogP contribution >= 0.6 is 0 Å². The molecule has 5 nitrogen and oxygen atoms in total. The maximum absolute atomic E-state index is 13.4. The van der Waals surface area contributed by atoms with Crippen molar-refractivity contribution in [3.8, 4) is 0 Å². The van der Waals surface area contributed by atoms with Crippen LogP contribution in [0.5, 0.6) is 0 Å². The molecule has 0 radical (unpaired) electrons. The van der Waals surface area contributed by atoms with Crippen molar-refractivity contribution in [2.24, 2.45) is 0 Å². The molecule has 0 aromatic heterocycles. The summed E-state index contributed by atoms with van der Waals surface area (Å²) >= 11 is 0. The monoisotopic (exact) mass is 299 g/mol. The first kappa shape index (κ1) is 16.7. The van der Waals surface area contributed by atoms with E-state index in [2.05, 4.69) is 5.32 Å². The lowest BCUT2D eigenvalue weighted by Crippen LogP contribution is -2.41. The number of Topliss-reactive ketones (excluding diaryl/α,β-unsaturated/α-hetero) is 1. The van der Waals surface area contributed by atoms with E-state index < -0.39 is 35.1 Å². The van der Waals surface area contributed by atoms with Crippen LogP contribution in [-0.2, 0) is 9.59 Å². The van der Waals surface area contributed by atoms with Crippen molar-refractivity contribution < 1.29 is 28.3 Å². The first-order valence-electron chi connectivity index (χ1n) is 6.35. The topological polar surface area (TPSA) is 83.5 Å². The predicted molar refractivity (Wildman–Crippen MR) is 69.8 cm³/mol. The first-order valence-corrected chi connectivity index (χ1v) is 6.35. The summed E-state index contributed by atoms with van der Waals surface area (Å²) in [5, 5.41) is 11.1. The largest absolute Gasteiger partial charge is 0.480 e. The van der Waals surface area contributed by atoms with Gasteiger partial charge in [-0.2, -0.15) is 0 Å². The maximum atomic E-state index is 13.4. The van der Waals surface area contributed by atoms with Crippen molar-refractivity contribution in [3.63, 3.8) is 0 Å². The first-order chi connectivity index (χ1) is 9.85. The van der Waals surface area contributed by atoms with Gasteiger partial charge >= 0.3 is 5.97 Å². The molecule has 0 saturated carbocycles. The molecule has 1 aromatic carbocycles. The van der Waals surface area contributed by atoms with Gasteiger partial charge in [0.25, 0.3) is 5.91 Å². The zero-order valence-electron chi connectivity index (χ0n) is 11.4. The van der Waals surface area contributed by atoms with Crippen LogP contribution in [0.4, 0.5) is 8.78 Å². The number of carboxylic acids is 1. The molecule has 0 saturated heterocycles. The number of aliphatic carboxylic acids is 1. The molecule has 1 atom stereocenters. The van der Waals surface area contributed by atoms with E-state index in [1.165, 1.54) is 0 Å². The Labute approximate surface area is 120 Å². The van der Waals surface area contributed by atoms with Crippen LogP contribution in [0.2, 0.25) is 0 Å². The van der Waals surface area contributed by atoms with Gasteiger partial charge in [0.15, 0.2) is 0 Å². The standard InChI is InChI=1S/C14H15F2NO4/c1-2-9(18)4-6-12(14(20)21)17-13(19)10-5-3-8(15)7-11(10)16/h3,5,7,12H,2,4,6H2,1H3,(H,17,19)(H,20,21)/t12-/m1/s1. The van der Waals surface area contributed by atoms with E-state index in [4.69, 9.17) is 5.11 Å². The van der Waals surface area contributed by atoms with Gasteiger partial charge in [0, 0.05) is 18.9 Å². The third kappa shape index (κ3) is 4.94. The molecule has 0 bridgehead atoms. The molecule has 0 spiro atoms. The molecule has 0 heterocycles. The van der Waals surface area contributed by atoms with E-state index in [9.17, 15) is 23.2 Å². The molecule has 2 N–H and O–H groups in total. The SMILES string of the molecule is CCC(=O)CC[C@@H](NC(=O)c1ccc(F)cc1F)C(=O)O. The van der Waals surface area contributed by atoms with E-state index in [0.29, 0.717) is 6.07 Å². The van der Waals surface area contributed by atoms with Crippen LogP contribution in [0.1, 0.15) is 36.5 Å². The summed E-state index contributed by atoms with van der Waals surface area (Å²) in [4.78, 5) is 34.0. The Balaban J connectivity index is 2.76. The number of hydrogen-bond acceptors (Lipinski definition) is 3. The third-order valence-electron chi connectivity index (χ3n) is 2.89. The van der Waals surface area contributed by atoms with Gasteiger partial charge < -0.3 is 10.4 Å². The van der Waals surface area contributed by atoms with Gasteiger partial charge in [-0.1, -0.05) is 6.92 Å². The summed E-state index contributed by atoms with van der Waals surface area (Å²) in [6, 6.07) is 1.05. The lowest BCUT2D eigenvalue weighted by molar-refractivity contribution is -0.139. The summed E-state index contributed by atoms with van der Waals surface area (Å²) in [6.45, 7) is 1.64. The fourth-order valence-electron chi connectivity index (χ4n) is 1.65. The van der Waals surface area contributed by atoms with Gasteiger partial charge in [-0.3, -0.25) is 9.59 Å². The summed E-state index contributed by atoms with van der Waals surface area (Å²) in [5.74, 6) is -4.35. The molecular formula is C14H15F2NO4. The zero-order valence-corrected chi connectivity index (χ0v) is 11.4. The molecule has 7 heteroatoms. The summed E-state index contributed by atoms with van der Waals surface area (Å²) in [6.07, 6.45) is 0.184. The Kier molecular flexibility index (Phi) is 5.95. The number of hydrogen-bond donors (Lipinski definition) is 2. The number of carboxylic acid groups (broad SMARTS) is 1. The van der Waals surface area contributed by atoms with Gasteiger partial charge in [-0.25, -0.2) is 13.6 Å². The minimum Gasteiger partial charge on any atom is -0.480 e. The molecule has 1 aromatic rings. The minimum atomic E-state index is -1.32. The van der Waals surface area contributed by atoms with Crippen molar-refractivity contribution in [2.75, 3.05) is 0 Å². The van der Waals surface area contributed by atoms with Gasteiger partial charge in [0.2, 0.25) is 0 Å². The Morgan fingerprint density at radius 2 is 1.95 bits per heavy atom. The third-order valence-corrected chi connectivity index (χ3v) is 2.89. The quantitative estimate of drug-likeness (QED) is 0.805. The molecule has 0 fully saturated rings. The molecule has 21 heavy (non-hydrogen) atoms. The van der Waals surface area contributed by atoms with Gasteiger partial charge in [-0.15, -0.1) is 0 Å². The van der Waals surface area contributed by atoms with E-state index >= 15 is 0 Å². The van der Waals surface area contributed by atoms with E-state index in [1.54, 1.807) is 6.92 Å². The maximum Gasteiger partial charge on any atom is 0.326 e. The van der Waals surface area contributed by atoms with Crippen LogP contribution in [0, 0.1) is 11.6 Å². The van der Waals surface area contributed by atoms with Crippen LogP contribution in [-0.4, -0.2) is 28.8 Å². The molecule has 0 unspecified atom stereocenters. The fourth-order valence-corrected chi connectivity index (χ4v) is 1.65. The van der Waals surface area contributed by atoms with Crippen LogP contribution < -0.4 is 5.32 Å². The normalized spacial score (nSPS) is 11.8. The summed E-state index contributed by atoms with van der Waals surface area (Å²) in [5.41, 5.74) is -0.454. The summed E-state index contributed by atoms with van der Waals surface area (Å²) in [7, 11) is 0. The van der Waals surface area contributed by atoms with Crippen LogP contribution in [0.3, 0.4) is 0 Å². The second kappa shape index (κ2) is 7.47. The number of nitrogens with one attached hydrogen (secondary N) is 1. The zero-order chi connectivity index (χ0) is 16.0. The number of halogens is 2. The van der Waals surface area contributed by atoms with Crippen LogP contribution in [0.25, 0.3) is 0 Å². The average Bonchev–Trinajstić information content (AvgIpc) is 2.42. The lowest BCUT2D eigenvalue weighted by Gasteiger charge is -2.14. The highest BCUT2D eigenvalue weighted by atomic mass is 19.1. The smallest absolute Gasteiger partial charge is 0.326 e. The highest BCUT2D eigenvalue weighted by Gasteiger charge is 2.23. The molecular weight excluding hydrogens is 284 g/mol. The van der Waals surface area contributed by atoms with Gasteiger partial charge in [-0.05, 0) is 18.6 Å². The number of carbonyl (C=O) groups excluding carboxylic acids is 2. The second-order valence-corrected chi connectivity index (χ2v) is 4.42. The van der Waals surface area contributed by atoms with Crippen molar-refractivity contribution in [1.29, 1.82) is 0 Å². The molecule has 0 aliphatic rings. The molecule has 1 amide bonds. The minimum absolute atomic E-state index is 0.000351. The Morgan fingerprint density at radius 1 is 1.29 bits per heavy atom. The number of amides is 1. The van der Waals surface area contributed by atoms with Crippen molar-refractivity contribution in [3.05, 3.63) is 35.4 Å². The Bertz CT molecular complexity index is 560. The molecule has 0 aliphatic carbocycles. The summed E-state index contributed by atoms with van der Waals surface area (Å²) < 4.78 is 26.2. The number of ketones is 1. The lowest BCUT2D eigenvalue weighted by atomic mass is 10.1.